The van der Waals surface area contributed by atoms with Gasteiger partial charge in [0.25, 0.3) is 0 Å². The lowest BCUT2D eigenvalue weighted by Crippen LogP contribution is -2.52. The van der Waals surface area contributed by atoms with Crippen molar-refractivity contribution < 1.29 is 24.0 Å². The van der Waals surface area contributed by atoms with Gasteiger partial charge in [-0.15, -0.1) is 0 Å². The fourth-order valence-electron chi connectivity index (χ4n) is 6.29. The number of aldehydes is 1. The van der Waals surface area contributed by atoms with Gasteiger partial charge < -0.3 is 35.4 Å². The Morgan fingerprint density at radius 3 is 2.31 bits per heavy atom. The minimum atomic E-state index is -0.559. The normalized spacial score (nSPS) is 18.8. The van der Waals surface area contributed by atoms with E-state index in [4.69, 9.17) is 0 Å². The van der Waals surface area contributed by atoms with Crippen molar-refractivity contribution in [3.8, 4) is 0 Å². The highest BCUT2D eigenvalue weighted by Crippen LogP contribution is 2.31. The third-order valence-corrected chi connectivity index (χ3v) is 8.91. The highest BCUT2D eigenvalue weighted by molar-refractivity contribution is 5.93. The number of hydrogen-bond acceptors (Lipinski definition) is 5. The minimum absolute atomic E-state index is 0.123. The number of nitrogens with zero attached hydrogens (tertiary/aromatic N) is 3. The number of benzene rings is 2. The van der Waals surface area contributed by atoms with E-state index < -0.39 is 6.04 Å². The summed E-state index contributed by atoms with van der Waals surface area (Å²) in [7, 11) is 0. The Morgan fingerprint density at radius 2 is 1.67 bits per heavy atom. The predicted molar refractivity (Wildman–Crippen MR) is 187 cm³/mol. The van der Waals surface area contributed by atoms with Gasteiger partial charge in [0.15, 0.2) is 0 Å². The van der Waals surface area contributed by atoms with Crippen LogP contribution >= 0.6 is 0 Å². The number of anilines is 2. The first-order chi connectivity index (χ1) is 23.3. The Hall–Kier alpha value is -4.93. The fraction of sp³-hybridized carbons (Fsp3) is 0.432. The van der Waals surface area contributed by atoms with Crippen LogP contribution in [0.5, 0.6) is 0 Å². The molecule has 256 valence electrons. The van der Waals surface area contributed by atoms with Crippen LogP contribution in [0, 0.1) is 0 Å². The molecule has 2 aromatic rings. The van der Waals surface area contributed by atoms with E-state index in [-0.39, 0.29) is 55.3 Å². The summed E-state index contributed by atoms with van der Waals surface area (Å²) in [6.07, 6.45) is 10.0. The van der Waals surface area contributed by atoms with Crippen molar-refractivity contribution in [2.75, 3.05) is 36.8 Å². The summed E-state index contributed by atoms with van der Waals surface area (Å²) in [5.41, 5.74) is 3.08. The highest BCUT2D eigenvalue weighted by atomic mass is 16.2. The van der Waals surface area contributed by atoms with Crippen LogP contribution in [0.15, 0.2) is 78.4 Å². The van der Waals surface area contributed by atoms with Gasteiger partial charge in [0, 0.05) is 56.4 Å². The molecule has 0 spiro atoms. The van der Waals surface area contributed by atoms with E-state index in [0.29, 0.717) is 50.3 Å². The Kier molecular flexibility index (Phi) is 13.3. The van der Waals surface area contributed by atoms with Crippen LogP contribution in [-0.4, -0.2) is 83.1 Å². The standard InChI is InChI=1S/C37H48N6O5/c1-4-7-12-27(5-2)34(28-13-9-8-10-14-28)40-35(46)32-20-19-31-21-24-42(25-22-33(45)43(31)32)37(48)39-30-17-15-29(16-18-30)38-36(47)41(6-3)23-11-26-44/h5,7-10,12-18,26,31-32,34H,4,6,11,19-25H2,1-3H3,(H,38,47)(H,39,48)(H,40,46)/b12-7-,27-5+/t31-,32+,34?/m1/s1. The van der Waals surface area contributed by atoms with Crippen LogP contribution in [0.25, 0.3) is 0 Å². The molecule has 2 fully saturated rings. The number of nitrogens with one attached hydrogen (secondary N) is 3. The molecule has 0 aliphatic carbocycles. The van der Waals surface area contributed by atoms with Crippen molar-refractivity contribution in [1.82, 2.24) is 20.0 Å². The molecule has 6 amide bonds. The van der Waals surface area contributed by atoms with Gasteiger partial charge >= 0.3 is 12.1 Å². The molecule has 2 aliphatic rings. The molecule has 11 nitrogen and oxygen atoms in total. The maximum absolute atomic E-state index is 13.8. The first kappa shape index (κ1) is 35.9. The lowest BCUT2D eigenvalue weighted by molar-refractivity contribution is -0.141. The zero-order valence-corrected chi connectivity index (χ0v) is 28.2. The molecular weight excluding hydrogens is 608 g/mol. The van der Waals surface area contributed by atoms with E-state index in [1.54, 1.807) is 39.0 Å². The summed E-state index contributed by atoms with van der Waals surface area (Å²) < 4.78 is 0. The van der Waals surface area contributed by atoms with Crippen LogP contribution in [-0.2, 0) is 14.4 Å². The molecular formula is C37H48N6O5. The number of fused-ring (bicyclic) bond motifs is 1. The topological polar surface area (TPSA) is 131 Å². The lowest BCUT2D eigenvalue weighted by atomic mass is 9.97. The third kappa shape index (κ3) is 9.33. The minimum Gasteiger partial charge on any atom is -0.343 e. The maximum Gasteiger partial charge on any atom is 0.321 e. The number of carbonyl (C=O) groups excluding carboxylic acids is 5. The zero-order valence-electron chi connectivity index (χ0n) is 28.2. The second-order valence-electron chi connectivity index (χ2n) is 12.0. The average Bonchev–Trinajstić information content (AvgIpc) is 3.52. The SMILES string of the molecule is C/C=C(\C=C/CC)C(NC(=O)[C@@H]1CC[C@@H]2CCN(C(=O)Nc3ccc(NC(=O)N(CC)CCC=O)cc3)CCC(=O)N21)c1ccccc1. The van der Waals surface area contributed by atoms with E-state index in [2.05, 4.69) is 29.0 Å². The average molecular weight is 657 g/mol. The van der Waals surface area contributed by atoms with Crippen LogP contribution < -0.4 is 16.0 Å². The van der Waals surface area contributed by atoms with Crippen LogP contribution in [0.3, 0.4) is 0 Å². The third-order valence-electron chi connectivity index (χ3n) is 8.91. The Balaban J connectivity index is 1.35. The quantitative estimate of drug-likeness (QED) is 0.194. The molecule has 3 atom stereocenters. The number of urea groups is 2. The van der Waals surface area contributed by atoms with Gasteiger partial charge in [-0.3, -0.25) is 9.59 Å². The van der Waals surface area contributed by atoms with Gasteiger partial charge in [0.2, 0.25) is 11.8 Å². The van der Waals surface area contributed by atoms with Gasteiger partial charge in [-0.25, -0.2) is 9.59 Å². The molecule has 0 bridgehead atoms. The Bertz CT molecular complexity index is 1470. The van der Waals surface area contributed by atoms with E-state index in [0.717, 1.165) is 23.8 Å². The smallest absolute Gasteiger partial charge is 0.321 e. The number of amides is 6. The molecule has 1 unspecified atom stereocenters. The second-order valence-corrected chi connectivity index (χ2v) is 12.0. The predicted octanol–water partition coefficient (Wildman–Crippen LogP) is 5.89. The summed E-state index contributed by atoms with van der Waals surface area (Å²) in [4.78, 5) is 68.7. The monoisotopic (exact) mass is 656 g/mol. The van der Waals surface area contributed by atoms with Gasteiger partial charge in [0.05, 0.1) is 6.04 Å². The molecule has 2 saturated heterocycles. The number of allylic oxidation sites excluding steroid dienone is 2. The van der Waals surface area contributed by atoms with Crippen LogP contribution in [0.1, 0.15) is 70.9 Å². The molecule has 2 aliphatic heterocycles. The molecule has 3 N–H and O–H groups in total. The summed E-state index contributed by atoms with van der Waals surface area (Å²) in [5, 5.41) is 8.95. The molecule has 2 aromatic carbocycles. The van der Waals surface area contributed by atoms with Gasteiger partial charge in [-0.05, 0) is 74.9 Å². The number of rotatable bonds is 12. The van der Waals surface area contributed by atoms with E-state index >= 15 is 0 Å². The van der Waals surface area contributed by atoms with Crippen molar-refractivity contribution in [3.63, 3.8) is 0 Å². The molecule has 2 heterocycles. The molecule has 4 rings (SSSR count). The summed E-state index contributed by atoms with van der Waals surface area (Å²) in [5.74, 6) is -0.292. The van der Waals surface area contributed by atoms with Crippen molar-refractivity contribution in [3.05, 3.63) is 84.0 Å². The molecule has 11 heteroatoms. The first-order valence-electron chi connectivity index (χ1n) is 16.9. The van der Waals surface area contributed by atoms with Crippen molar-refractivity contribution in [2.45, 2.75) is 77.4 Å². The summed E-state index contributed by atoms with van der Waals surface area (Å²) in [6, 6.07) is 15.0. The van der Waals surface area contributed by atoms with Crippen molar-refractivity contribution in [2.24, 2.45) is 0 Å². The number of hydrogen-bond donors (Lipinski definition) is 3. The second kappa shape index (κ2) is 17.8. The fourth-order valence-corrected chi connectivity index (χ4v) is 6.29. The zero-order chi connectivity index (χ0) is 34.5. The first-order valence-corrected chi connectivity index (χ1v) is 16.9. The largest absolute Gasteiger partial charge is 0.343 e. The van der Waals surface area contributed by atoms with E-state index in [9.17, 15) is 24.0 Å². The lowest BCUT2D eigenvalue weighted by Gasteiger charge is -2.35. The van der Waals surface area contributed by atoms with Gasteiger partial charge in [-0.1, -0.05) is 55.5 Å². The van der Waals surface area contributed by atoms with Gasteiger partial charge in [0.1, 0.15) is 12.3 Å². The van der Waals surface area contributed by atoms with Crippen LogP contribution in [0.4, 0.5) is 21.0 Å². The molecule has 48 heavy (non-hydrogen) atoms. The summed E-state index contributed by atoms with van der Waals surface area (Å²) >= 11 is 0. The van der Waals surface area contributed by atoms with Gasteiger partial charge in [-0.2, -0.15) is 0 Å². The Labute approximate surface area is 283 Å². The summed E-state index contributed by atoms with van der Waals surface area (Å²) in [6.45, 7) is 7.38. The van der Waals surface area contributed by atoms with E-state index in [1.165, 1.54) is 0 Å². The Morgan fingerprint density at radius 1 is 0.958 bits per heavy atom. The highest BCUT2D eigenvalue weighted by Gasteiger charge is 2.42. The number of carbonyl (C=O) groups is 5. The van der Waals surface area contributed by atoms with Crippen molar-refractivity contribution in [1.29, 1.82) is 0 Å². The van der Waals surface area contributed by atoms with E-state index in [1.807, 2.05) is 56.3 Å². The van der Waals surface area contributed by atoms with Crippen LogP contribution in [0.2, 0.25) is 0 Å². The molecule has 0 aromatic heterocycles. The molecule has 0 radical (unpaired) electrons. The van der Waals surface area contributed by atoms with Crippen molar-refractivity contribution >= 4 is 41.5 Å². The molecule has 0 saturated carbocycles. The maximum atomic E-state index is 13.8.